The lowest BCUT2D eigenvalue weighted by molar-refractivity contribution is 0.0697. The van der Waals surface area contributed by atoms with E-state index in [1.807, 2.05) is 58.9 Å². The summed E-state index contributed by atoms with van der Waals surface area (Å²) in [5.74, 6) is -0.934. The molecule has 0 bridgehead atoms. The highest BCUT2D eigenvalue weighted by molar-refractivity contribution is 7.92. The van der Waals surface area contributed by atoms with Gasteiger partial charge in [0.15, 0.2) is 0 Å². The van der Waals surface area contributed by atoms with Gasteiger partial charge in [0.25, 0.3) is 10.0 Å². The fourth-order valence-electron chi connectivity index (χ4n) is 3.92. The molecule has 0 aliphatic rings. The molecule has 3 aromatic carbocycles. The van der Waals surface area contributed by atoms with Crippen molar-refractivity contribution in [2.75, 3.05) is 4.72 Å². The van der Waals surface area contributed by atoms with Crippen LogP contribution in [-0.4, -0.2) is 19.5 Å². The molecule has 0 aromatic heterocycles. The lowest BCUT2D eigenvalue weighted by atomic mass is 9.95. The van der Waals surface area contributed by atoms with Crippen LogP contribution in [0.1, 0.15) is 49.3 Å². The monoisotopic (exact) mass is 451 g/mol. The first kappa shape index (κ1) is 23.5. The van der Waals surface area contributed by atoms with Gasteiger partial charge in [-0.05, 0) is 111 Å². The number of nitrogens with one attached hydrogen (secondary N) is 1. The standard InChI is InChI=1S/C26H29NO4S/c1-16-17(2)19(4)25(20(5)18(16)3)32(30,31)27-24-14-10-22(11-15-24)7-6-21-8-12-23(13-9-21)26(28)29/h8-15,27H,6-7H2,1-5H3,(H,28,29). The number of anilines is 1. The third-order valence-electron chi connectivity index (χ3n) is 6.31. The number of benzene rings is 3. The Morgan fingerprint density at radius 1 is 0.719 bits per heavy atom. The van der Waals surface area contributed by atoms with Crippen LogP contribution in [0.15, 0.2) is 53.4 Å². The van der Waals surface area contributed by atoms with Crippen molar-refractivity contribution in [3.8, 4) is 0 Å². The van der Waals surface area contributed by atoms with Crippen molar-refractivity contribution < 1.29 is 18.3 Å². The zero-order chi connectivity index (χ0) is 23.6. The highest BCUT2D eigenvalue weighted by Crippen LogP contribution is 2.30. The Morgan fingerprint density at radius 2 is 1.12 bits per heavy atom. The molecule has 32 heavy (non-hydrogen) atoms. The molecule has 0 aliphatic carbocycles. The Labute approximate surface area is 190 Å². The van der Waals surface area contributed by atoms with Crippen LogP contribution in [0.5, 0.6) is 0 Å². The van der Waals surface area contributed by atoms with Crippen LogP contribution in [0.4, 0.5) is 5.69 Å². The molecule has 0 radical (unpaired) electrons. The van der Waals surface area contributed by atoms with Gasteiger partial charge < -0.3 is 5.11 Å². The maximum atomic E-state index is 13.2. The van der Waals surface area contributed by atoms with Gasteiger partial charge in [-0.3, -0.25) is 4.72 Å². The first-order chi connectivity index (χ1) is 15.0. The Balaban J connectivity index is 1.74. The molecule has 0 amide bonds. The van der Waals surface area contributed by atoms with Gasteiger partial charge >= 0.3 is 5.97 Å². The number of sulfonamides is 1. The van der Waals surface area contributed by atoms with E-state index < -0.39 is 16.0 Å². The second-order valence-electron chi connectivity index (χ2n) is 8.26. The lowest BCUT2D eigenvalue weighted by Gasteiger charge is -2.19. The normalized spacial score (nSPS) is 11.4. The molecule has 0 aliphatic heterocycles. The molecule has 6 heteroatoms. The molecule has 2 N–H and O–H groups in total. The average Bonchev–Trinajstić information content (AvgIpc) is 2.76. The molecular weight excluding hydrogens is 422 g/mol. The average molecular weight is 452 g/mol. The summed E-state index contributed by atoms with van der Waals surface area (Å²) in [6.45, 7) is 9.65. The zero-order valence-electron chi connectivity index (χ0n) is 19.1. The third kappa shape index (κ3) is 4.86. The van der Waals surface area contributed by atoms with E-state index in [1.165, 1.54) is 0 Å². The van der Waals surface area contributed by atoms with E-state index in [0.29, 0.717) is 10.6 Å². The Kier molecular flexibility index (Phi) is 6.74. The van der Waals surface area contributed by atoms with Crippen LogP contribution in [0, 0.1) is 34.6 Å². The maximum absolute atomic E-state index is 13.2. The summed E-state index contributed by atoms with van der Waals surface area (Å²) in [6.07, 6.45) is 1.54. The molecule has 3 aromatic rings. The van der Waals surface area contributed by atoms with E-state index in [0.717, 1.165) is 51.8 Å². The highest BCUT2D eigenvalue weighted by atomic mass is 32.2. The third-order valence-corrected chi connectivity index (χ3v) is 7.96. The number of aromatic carboxylic acids is 1. The second-order valence-corrected chi connectivity index (χ2v) is 9.88. The van der Waals surface area contributed by atoms with E-state index in [-0.39, 0.29) is 5.56 Å². The van der Waals surface area contributed by atoms with Crippen LogP contribution in [-0.2, 0) is 22.9 Å². The summed E-state index contributed by atoms with van der Waals surface area (Å²) < 4.78 is 29.1. The summed E-state index contributed by atoms with van der Waals surface area (Å²) in [5.41, 5.74) is 7.61. The van der Waals surface area contributed by atoms with E-state index in [2.05, 4.69) is 4.72 Å². The van der Waals surface area contributed by atoms with Crippen molar-refractivity contribution in [2.24, 2.45) is 0 Å². The predicted octanol–water partition coefficient (Wildman–Crippen LogP) is 5.51. The Hall–Kier alpha value is -3.12. The largest absolute Gasteiger partial charge is 0.478 e. The Bertz CT molecular complexity index is 1230. The molecule has 5 nitrogen and oxygen atoms in total. The fourth-order valence-corrected chi connectivity index (χ4v) is 5.58. The van der Waals surface area contributed by atoms with Crippen molar-refractivity contribution in [2.45, 2.75) is 52.4 Å². The quantitative estimate of drug-likeness (QED) is 0.496. The van der Waals surface area contributed by atoms with Gasteiger partial charge in [-0.15, -0.1) is 0 Å². The highest BCUT2D eigenvalue weighted by Gasteiger charge is 2.23. The molecule has 0 saturated heterocycles. The minimum Gasteiger partial charge on any atom is -0.478 e. The minimum atomic E-state index is -3.71. The molecule has 0 atom stereocenters. The topological polar surface area (TPSA) is 83.5 Å². The summed E-state index contributed by atoms with van der Waals surface area (Å²) in [4.78, 5) is 11.3. The van der Waals surface area contributed by atoms with Crippen LogP contribution >= 0.6 is 0 Å². The number of aryl methyl sites for hydroxylation is 2. The first-order valence-corrected chi connectivity index (χ1v) is 12.0. The van der Waals surface area contributed by atoms with E-state index in [9.17, 15) is 13.2 Å². The number of carbonyl (C=O) groups is 1. The predicted molar refractivity (Wildman–Crippen MR) is 128 cm³/mol. The van der Waals surface area contributed by atoms with Crippen LogP contribution in [0.25, 0.3) is 0 Å². The smallest absolute Gasteiger partial charge is 0.335 e. The minimum absolute atomic E-state index is 0.273. The van der Waals surface area contributed by atoms with Crippen LogP contribution in [0.3, 0.4) is 0 Å². The molecule has 0 heterocycles. The van der Waals surface area contributed by atoms with Gasteiger partial charge in [-0.25, -0.2) is 13.2 Å². The molecule has 0 fully saturated rings. The van der Waals surface area contributed by atoms with Crippen molar-refractivity contribution >= 4 is 21.7 Å². The fraction of sp³-hybridized carbons (Fsp3) is 0.269. The van der Waals surface area contributed by atoms with Crippen molar-refractivity contribution in [3.05, 3.63) is 93.0 Å². The number of carboxylic acids is 1. The molecule has 0 saturated carbocycles. The summed E-state index contributed by atoms with van der Waals surface area (Å²) in [6, 6.07) is 14.2. The number of carboxylic acid groups (broad SMARTS) is 1. The summed E-state index contributed by atoms with van der Waals surface area (Å²) in [5, 5.41) is 8.98. The van der Waals surface area contributed by atoms with Gasteiger partial charge in [0.2, 0.25) is 0 Å². The van der Waals surface area contributed by atoms with Gasteiger partial charge in [0.1, 0.15) is 0 Å². The SMILES string of the molecule is Cc1c(C)c(C)c(S(=O)(=O)Nc2ccc(CCc3ccc(C(=O)O)cc3)cc2)c(C)c1C. The van der Waals surface area contributed by atoms with Gasteiger partial charge in [0, 0.05) is 5.69 Å². The molecule has 3 rings (SSSR count). The first-order valence-electron chi connectivity index (χ1n) is 10.5. The van der Waals surface area contributed by atoms with E-state index in [1.54, 1.807) is 24.3 Å². The molecule has 0 unspecified atom stereocenters. The maximum Gasteiger partial charge on any atom is 0.335 e. The number of hydrogen-bond donors (Lipinski definition) is 2. The summed E-state index contributed by atoms with van der Waals surface area (Å²) in [7, 11) is -3.71. The van der Waals surface area contributed by atoms with E-state index >= 15 is 0 Å². The molecule has 0 spiro atoms. The number of rotatable bonds is 7. The second kappa shape index (κ2) is 9.17. The number of hydrogen-bond acceptors (Lipinski definition) is 3. The molecule has 168 valence electrons. The van der Waals surface area contributed by atoms with Gasteiger partial charge in [-0.1, -0.05) is 24.3 Å². The van der Waals surface area contributed by atoms with E-state index in [4.69, 9.17) is 5.11 Å². The zero-order valence-corrected chi connectivity index (χ0v) is 19.9. The Morgan fingerprint density at radius 3 is 1.56 bits per heavy atom. The molecular formula is C26H29NO4S. The van der Waals surface area contributed by atoms with Crippen molar-refractivity contribution in [1.82, 2.24) is 0 Å². The van der Waals surface area contributed by atoms with Gasteiger partial charge in [0.05, 0.1) is 10.5 Å². The van der Waals surface area contributed by atoms with Crippen molar-refractivity contribution in [1.29, 1.82) is 0 Å². The van der Waals surface area contributed by atoms with Gasteiger partial charge in [-0.2, -0.15) is 0 Å². The summed E-state index contributed by atoms with van der Waals surface area (Å²) >= 11 is 0. The lowest BCUT2D eigenvalue weighted by Crippen LogP contribution is -2.17. The van der Waals surface area contributed by atoms with Crippen LogP contribution in [0.2, 0.25) is 0 Å². The van der Waals surface area contributed by atoms with Crippen molar-refractivity contribution in [3.63, 3.8) is 0 Å². The van der Waals surface area contributed by atoms with Crippen LogP contribution < -0.4 is 4.72 Å².